The van der Waals surface area contributed by atoms with Crippen molar-refractivity contribution in [2.45, 2.75) is 6.61 Å². The molecule has 2 aromatic carbocycles. The largest absolute Gasteiger partial charge is 0.497 e. The van der Waals surface area contributed by atoms with Gasteiger partial charge in [-0.3, -0.25) is 4.79 Å². The van der Waals surface area contributed by atoms with Crippen molar-refractivity contribution >= 4 is 17.4 Å². The number of benzene rings is 2. The maximum Gasteiger partial charge on any atom is 0.189 e. The van der Waals surface area contributed by atoms with Crippen LogP contribution in [0.5, 0.6) is 5.75 Å². The summed E-state index contributed by atoms with van der Waals surface area (Å²) in [5.41, 5.74) is 1.44. The first-order valence-corrected chi connectivity index (χ1v) is 6.57. The van der Waals surface area contributed by atoms with Gasteiger partial charge in [0.1, 0.15) is 12.4 Å². The van der Waals surface area contributed by atoms with E-state index in [1.807, 2.05) is 24.3 Å². The van der Waals surface area contributed by atoms with Gasteiger partial charge in [-0.25, -0.2) is 0 Å². The molecular formula is C16H15ClO3. The van der Waals surface area contributed by atoms with Crippen LogP contribution in [0.3, 0.4) is 0 Å². The van der Waals surface area contributed by atoms with E-state index in [2.05, 4.69) is 0 Å². The van der Waals surface area contributed by atoms with Crippen LogP contribution in [0.1, 0.15) is 15.9 Å². The van der Waals surface area contributed by atoms with E-state index >= 15 is 0 Å². The van der Waals surface area contributed by atoms with Crippen LogP contribution in [0.25, 0.3) is 0 Å². The van der Waals surface area contributed by atoms with Crippen LogP contribution in [0.15, 0.2) is 48.5 Å². The van der Waals surface area contributed by atoms with Crippen molar-refractivity contribution in [2.75, 3.05) is 13.7 Å². The Morgan fingerprint density at radius 1 is 1.15 bits per heavy atom. The van der Waals surface area contributed by atoms with E-state index in [9.17, 15) is 4.79 Å². The molecule has 0 heterocycles. The van der Waals surface area contributed by atoms with Crippen LogP contribution in [-0.2, 0) is 11.3 Å². The summed E-state index contributed by atoms with van der Waals surface area (Å²) in [5.74, 6) is 0.641. The highest BCUT2D eigenvalue weighted by molar-refractivity contribution is 6.34. The fraction of sp³-hybridized carbons (Fsp3) is 0.188. The third-order valence-corrected chi connectivity index (χ3v) is 3.14. The van der Waals surface area contributed by atoms with Gasteiger partial charge >= 0.3 is 0 Å². The van der Waals surface area contributed by atoms with Crippen LogP contribution in [0.4, 0.5) is 0 Å². The number of methoxy groups -OCH3 is 1. The second-order valence-corrected chi connectivity index (χ2v) is 4.65. The van der Waals surface area contributed by atoms with Gasteiger partial charge in [0, 0.05) is 5.56 Å². The van der Waals surface area contributed by atoms with Crippen molar-refractivity contribution in [2.24, 2.45) is 0 Å². The lowest BCUT2D eigenvalue weighted by Gasteiger charge is -2.06. The molecule has 0 fully saturated rings. The number of rotatable bonds is 6. The van der Waals surface area contributed by atoms with Gasteiger partial charge in [0.15, 0.2) is 5.78 Å². The fourth-order valence-electron chi connectivity index (χ4n) is 1.79. The zero-order chi connectivity index (χ0) is 14.4. The predicted octanol–water partition coefficient (Wildman–Crippen LogP) is 3.75. The van der Waals surface area contributed by atoms with Crippen LogP contribution in [0, 0.1) is 0 Å². The number of hydrogen-bond acceptors (Lipinski definition) is 3. The van der Waals surface area contributed by atoms with E-state index in [4.69, 9.17) is 21.1 Å². The van der Waals surface area contributed by atoms with E-state index < -0.39 is 0 Å². The molecule has 0 aliphatic carbocycles. The molecule has 104 valence electrons. The smallest absolute Gasteiger partial charge is 0.189 e. The molecule has 0 saturated carbocycles. The van der Waals surface area contributed by atoms with Crippen molar-refractivity contribution in [3.63, 3.8) is 0 Å². The molecule has 4 heteroatoms. The Bertz CT molecular complexity index is 596. The van der Waals surface area contributed by atoms with Crippen LogP contribution < -0.4 is 4.74 Å². The lowest BCUT2D eigenvalue weighted by atomic mass is 10.1. The molecule has 0 bridgehead atoms. The third kappa shape index (κ3) is 3.83. The molecule has 0 spiro atoms. The van der Waals surface area contributed by atoms with Gasteiger partial charge in [0.25, 0.3) is 0 Å². The minimum Gasteiger partial charge on any atom is -0.497 e. The Hall–Kier alpha value is -1.84. The highest BCUT2D eigenvalue weighted by Crippen LogP contribution is 2.16. The Morgan fingerprint density at radius 3 is 2.70 bits per heavy atom. The van der Waals surface area contributed by atoms with E-state index in [1.54, 1.807) is 31.4 Å². The van der Waals surface area contributed by atoms with Gasteiger partial charge in [-0.2, -0.15) is 0 Å². The average Bonchev–Trinajstić information content (AvgIpc) is 2.48. The molecule has 0 amide bonds. The molecule has 0 aliphatic rings. The molecule has 2 rings (SSSR count). The predicted molar refractivity (Wildman–Crippen MR) is 78.4 cm³/mol. The SMILES string of the molecule is COc1cccc(COCC(=O)c2ccccc2Cl)c1. The quantitative estimate of drug-likeness (QED) is 0.760. The Kier molecular flexibility index (Phi) is 5.16. The zero-order valence-electron chi connectivity index (χ0n) is 11.1. The molecule has 2 aromatic rings. The highest BCUT2D eigenvalue weighted by Gasteiger charge is 2.09. The molecule has 0 unspecified atom stereocenters. The van der Waals surface area contributed by atoms with Gasteiger partial charge < -0.3 is 9.47 Å². The van der Waals surface area contributed by atoms with Gasteiger partial charge in [-0.15, -0.1) is 0 Å². The molecule has 20 heavy (non-hydrogen) atoms. The van der Waals surface area contributed by atoms with Crippen molar-refractivity contribution in [3.05, 3.63) is 64.7 Å². The average molecular weight is 291 g/mol. The van der Waals surface area contributed by atoms with Crippen molar-refractivity contribution in [1.82, 2.24) is 0 Å². The monoisotopic (exact) mass is 290 g/mol. The second-order valence-electron chi connectivity index (χ2n) is 4.25. The summed E-state index contributed by atoms with van der Waals surface area (Å²) in [7, 11) is 1.61. The number of carbonyl (C=O) groups is 1. The normalized spacial score (nSPS) is 10.3. The standard InChI is InChI=1S/C16H15ClO3/c1-19-13-6-4-5-12(9-13)10-20-11-16(18)14-7-2-3-8-15(14)17/h2-9H,10-11H2,1H3. The lowest BCUT2D eigenvalue weighted by Crippen LogP contribution is -2.09. The number of Topliss-reactive ketones (excluding diaryl/α,β-unsaturated/α-hetero) is 1. The number of carbonyl (C=O) groups excluding carboxylic acids is 1. The van der Waals surface area contributed by atoms with E-state index in [0.29, 0.717) is 17.2 Å². The summed E-state index contributed by atoms with van der Waals surface area (Å²) in [5, 5.41) is 0.447. The molecule has 0 N–H and O–H groups in total. The second kappa shape index (κ2) is 7.08. The van der Waals surface area contributed by atoms with Crippen molar-refractivity contribution in [1.29, 1.82) is 0 Å². The van der Waals surface area contributed by atoms with Crippen LogP contribution >= 0.6 is 11.6 Å². The zero-order valence-corrected chi connectivity index (χ0v) is 11.9. The number of halogens is 1. The summed E-state index contributed by atoms with van der Waals surface area (Å²) in [6, 6.07) is 14.5. The molecule has 0 saturated heterocycles. The fourth-order valence-corrected chi connectivity index (χ4v) is 2.03. The van der Waals surface area contributed by atoms with E-state index in [-0.39, 0.29) is 12.4 Å². The first-order chi connectivity index (χ1) is 9.70. The number of ketones is 1. The highest BCUT2D eigenvalue weighted by atomic mass is 35.5. The van der Waals surface area contributed by atoms with Gasteiger partial charge in [0.2, 0.25) is 0 Å². The van der Waals surface area contributed by atoms with Gasteiger partial charge in [0.05, 0.1) is 18.7 Å². The van der Waals surface area contributed by atoms with Crippen molar-refractivity contribution < 1.29 is 14.3 Å². The Morgan fingerprint density at radius 2 is 1.95 bits per heavy atom. The number of ether oxygens (including phenoxy) is 2. The molecule has 0 aromatic heterocycles. The summed E-state index contributed by atoms with van der Waals surface area (Å²) in [4.78, 5) is 11.9. The lowest BCUT2D eigenvalue weighted by molar-refractivity contribution is 0.0726. The minimum atomic E-state index is -0.126. The molecule has 0 aliphatic heterocycles. The van der Waals surface area contributed by atoms with Gasteiger partial charge in [-0.1, -0.05) is 35.9 Å². The third-order valence-electron chi connectivity index (χ3n) is 2.81. The maximum atomic E-state index is 11.9. The summed E-state index contributed by atoms with van der Waals surface area (Å²) in [6.45, 7) is 0.355. The number of hydrogen-bond donors (Lipinski definition) is 0. The molecular weight excluding hydrogens is 276 g/mol. The first-order valence-electron chi connectivity index (χ1n) is 6.19. The Labute approximate surface area is 123 Å². The van der Waals surface area contributed by atoms with E-state index in [1.165, 1.54) is 0 Å². The molecule has 0 atom stereocenters. The summed E-state index contributed by atoms with van der Waals surface area (Å²) >= 11 is 5.96. The summed E-state index contributed by atoms with van der Waals surface area (Å²) in [6.07, 6.45) is 0. The summed E-state index contributed by atoms with van der Waals surface area (Å²) < 4.78 is 10.6. The van der Waals surface area contributed by atoms with Crippen molar-refractivity contribution in [3.8, 4) is 5.75 Å². The minimum absolute atomic E-state index is 0.000936. The molecule has 0 radical (unpaired) electrons. The maximum absolute atomic E-state index is 11.9. The Balaban J connectivity index is 1.89. The first kappa shape index (κ1) is 14.6. The van der Waals surface area contributed by atoms with E-state index in [0.717, 1.165) is 11.3 Å². The van der Waals surface area contributed by atoms with Gasteiger partial charge in [-0.05, 0) is 29.8 Å². The van der Waals surface area contributed by atoms with Crippen LogP contribution in [-0.4, -0.2) is 19.5 Å². The molecule has 3 nitrogen and oxygen atoms in total. The van der Waals surface area contributed by atoms with Crippen LogP contribution in [0.2, 0.25) is 5.02 Å². The topological polar surface area (TPSA) is 35.5 Å².